The van der Waals surface area contributed by atoms with E-state index in [1.807, 2.05) is 24.1 Å². The van der Waals surface area contributed by atoms with Gasteiger partial charge < -0.3 is 15.4 Å². The smallest absolute Gasteiger partial charge is 0.191 e. The molecule has 0 atom stereocenters. The summed E-state index contributed by atoms with van der Waals surface area (Å²) >= 11 is 0. The molecule has 0 spiro atoms. The van der Waals surface area contributed by atoms with Crippen molar-refractivity contribution in [2.75, 3.05) is 39.4 Å². The zero-order valence-corrected chi connectivity index (χ0v) is 19.8. The molecule has 0 amide bonds. The van der Waals surface area contributed by atoms with Crippen LogP contribution in [0, 0.1) is 0 Å². The van der Waals surface area contributed by atoms with E-state index in [9.17, 15) is 0 Å². The zero-order chi connectivity index (χ0) is 19.6. The third-order valence-electron chi connectivity index (χ3n) is 4.83. The Bertz CT molecular complexity index is 757. The molecule has 29 heavy (non-hydrogen) atoms. The number of aromatic nitrogens is 2. The van der Waals surface area contributed by atoms with Crippen LogP contribution in [-0.4, -0.2) is 60.0 Å². The molecule has 8 heteroatoms. The van der Waals surface area contributed by atoms with Gasteiger partial charge in [0.1, 0.15) is 0 Å². The molecule has 1 aromatic carbocycles. The van der Waals surface area contributed by atoms with Crippen molar-refractivity contribution in [3.8, 4) is 0 Å². The second-order valence-corrected chi connectivity index (χ2v) is 7.05. The first-order valence-corrected chi connectivity index (χ1v) is 10.1. The maximum Gasteiger partial charge on any atom is 0.191 e. The highest BCUT2D eigenvalue weighted by Gasteiger charge is 2.12. The fourth-order valence-corrected chi connectivity index (χ4v) is 3.30. The summed E-state index contributed by atoms with van der Waals surface area (Å²) in [6.45, 7) is 9.03. The topological polar surface area (TPSA) is 66.7 Å². The predicted octanol–water partition coefficient (Wildman–Crippen LogP) is 2.17. The van der Waals surface area contributed by atoms with E-state index in [2.05, 4.69) is 51.8 Å². The Morgan fingerprint density at radius 2 is 1.93 bits per heavy atom. The van der Waals surface area contributed by atoms with Gasteiger partial charge in [-0.3, -0.25) is 9.58 Å². The number of hydrogen-bond donors (Lipinski definition) is 2. The second kappa shape index (κ2) is 12.8. The van der Waals surface area contributed by atoms with Crippen molar-refractivity contribution in [3.63, 3.8) is 0 Å². The van der Waals surface area contributed by atoms with Crippen LogP contribution in [0.4, 0.5) is 0 Å². The summed E-state index contributed by atoms with van der Waals surface area (Å²) in [5, 5.41) is 11.0. The standard InChI is InChI=1S/C21H32N6O.HI/c1-3-22-21(23-9-8-18-14-25-26(2)16-18)24-15-19-6-4-5-7-20(19)17-27-10-12-28-13-11-27;/h4-7,14,16H,3,8-13,15,17H2,1-2H3,(H2,22,23,24);1H. The van der Waals surface area contributed by atoms with Crippen molar-refractivity contribution in [3.05, 3.63) is 53.3 Å². The maximum atomic E-state index is 5.46. The van der Waals surface area contributed by atoms with E-state index in [1.54, 1.807) is 0 Å². The molecule has 3 rings (SSSR count). The molecule has 1 fully saturated rings. The Balaban J connectivity index is 0.00000300. The van der Waals surface area contributed by atoms with Crippen molar-refractivity contribution >= 4 is 29.9 Å². The van der Waals surface area contributed by atoms with E-state index in [1.165, 1.54) is 16.7 Å². The van der Waals surface area contributed by atoms with Gasteiger partial charge in [0.05, 0.1) is 26.0 Å². The zero-order valence-electron chi connectivity index (χ0n) is 17.4. The minimum atomic E-state index is 0. The van der Waals surface area contributed by atoms with Crippen LogP contribution in [0.25, 0.3) is 0 Å². The number of benzene rings is 1. The van der Waals surface area contributed by atoms with E-state index in [-0.39, 0.29) is 24.0 Å². The fraction of sp³-hybridized carbons (Fsp3) is 0.524. The lowest BCUT2D eigenvalue weighted by Gasteiger charge is -2.27. The normalized spacial score (nSPS) is 15.0. The number of nitrogens with one attached hydrogen (secondary N) is 2. The monoisotopic (exact) mass is 512 g/mol. The van der Waals surface area contributed by atoms with E-state index in [0.717, 1.165) is 58.3 Å². The van der Waals surface area contributed by atoms with Crippen LogP contribution in [-0.2, 0) is 31.3 Å². The van der Waals surface area contributed by atoms with Gasteiger partial charge in [0.15, 0.2) is 5.96 Å². The van der Waals surface area contributed by atoms with Gasteiger partial charge in [-0.05, 0) is 30.0 Å². The molecule has 1 aliphatic rings. The Morgan fingerprint density at radius 3 is 2.62 bits per heavy atom. The van der Waals surface area contributed by atoms with Gasteiger partial charge in [0.25, 0.3) is 0 Å². The average molecular weight is 512 g/mol. The van der Waals surface area contributed by atoms with Gasteiger partial charge in [-0.15, -0.1) is 24.0 Å². The van der Waals surface area contributed by atoms with Crippen molar-refractivity contribution in [2.45, 2.75) is 26.4 Å². The molecule has 1 aliphatic heterocycles. The third-order valence-corrected chi connectivity index (χ3v) is 4.83. The second-order valence-electron chi connectivity index (χ2n) is 7.05. The summed E-state index contributed by atoms with van der Waals surface area (Å²) in [5.41, 5.74) is 3.85. The molecule has 2 heterocycles. The number of nitrogens with zero attached hydrogens (tertiary/aromatic N) is 4. The fourth-order valence-electron chi connectivity index (χ4n) is 3.30. The lowest BCUT2D eigenvalue weighted by Crippen LogP contribution is -2.38. The number of rotatable bonds is 8. The van der Waals surface area contributed by atoms with Gasteiger partial charge >= 0.3 is 0 Å². The number of guanidine groups is 1. The molecule has 0 saturated carbocycles. The Morgan fingerprint density at radius 1 is 1.17 bits per heavy atom. The minimum absolute atomic E-state index is 0. The van der Waals surface area contributed by atoms with Crippen molar-refractivity contribution in [1.82, 2.24) is 25.3 Å². The van der Waals surface area contributed by atoms with Crippen LogP contribution in [0.2, 0.25) is 0 Å². The lowest BCUT2D eigenvalue weighted by atomic mass is 10.1. The van der Waals surface area contributed by atoms with Gasteiger partial charge in [-0.25, -0.2) is 4.99 Å². The molecule has 1 aromatic heterocycles. The number of halogens is 1. The largest absolute Gasteiger partial charge is 0.379 e. The average Bonchev–Trinajstić information content (AvgIpc) is 3.13. The summed E-state index contributed by atoms with van der Waals surface area (Å²) in [6, 6.07) is 8.60. The highest BCUT2D eigenvalue weighted by molar-refractivity contribution is 14.0. The number of ether oxygens (including phenoxy) is 1. The minimum Gasteiger partial charge on any atom is -0.379 e. The van der Waals surface area contributed by atoms with Crippen molar-refractivity contribution in [2.24, 2.45) is 12.0 Å². The van der Waals surface area contributed by atoms with Crippen LogP contribution in [0.3, 0.4) is 0 Å². The Labute approximate surface area is 190 Å². The molecule has 0 unspecified atom stereocenters. The van der Waals surface area contributed by atoms with Crippen molar-refractivity contribution in [1.29, 1.82) is 0 Å². The third kappa shape index (κ3) is 7.94. The van der Waals surface area contributed by atoms with Gasteiger partial charge in [-0.2, -0.15) is 5.10 Å². The molecule has 2 aromatic rings. The first-order valence-electron chi connectivity index (χ1n) is 10.1. The number of morpholine rings is 1. The molecule has 7 nitrogen and oxygen atoms in total. The van der Waals surface area contributed by atoms with Gasteiger partial charge in [0, 0.05) is 46.0 Å². The Hall–Kier alpha value is -1.65. The van der Waals surface area contributed by atoms with Gasteiger partial charge in [0.2, 0.25) is 0 Å². The van der Waals surface area contributed by atoms with E-state index >= 15 is 0 Å². The first kappa shape index (κ1) is 23.6. The van der Waals surface area contributed by atoms with Gasteiger partial charge in [-0.1, -0.05) is 24.3 Å². The molecule has 1 saturated heterocycles. The molecular formula is C21H33IN6O. The molecule has 0 radical (unpaired) electrons. The molecular weight excluding hydrogens is 479 g/mol. The van der Waals surface area contributed by atoms with E-state index in [4.69, 9.17) is 9.73 Å². The van der Waals surface area contributed by atoms with E-state index < -0.39 is 0 Å². The highest BCUT2D eigenvalue weighted by Crippen LogP contribution is 2.14. The number of hydrogen-bond acceptors (Lipinski definition) is 4. The predicted molar refractivity (Wildman–Crippen MR) is 128 cm³/mol. The molecule has 0 bridgehead atoms. The maximum absolute atomic E-state index is 5.46. The lowest BCUT2D eigenvalue weighted by molar-refractivity contribution is 0.0341. The number of aliphatic imine (C=N–C) groups is 1. The first-order chi connectivity index (χ1) is 13.7. The highest BCUT2D eigenvalue weighted by atomic mass is 127. The summed E-state index contributed by atoms with van der Waals surface area (Å²) in [4.78, 5) is 7.25. The summed E-state index contributed by atoms with van der Waals surface area (Å²) in [6.07, 6.45) is 4.88. The van der Waals surface area contributed by atoms with Crippen LogP contribution in [0.5, 0.6) is 0 Å². The van der Waals surface area contributed by atoms with Crippen LogP contribution < -0.4 is 10.6 Å². The van der Waals surface area contributed by atoms with Crippen LogP contribution in [0.1, 0.15) is 23.6 Å². The van der Waals surface area contributed by atoms with Crippen LogP contribution >= 0.6 is 24.0 Å². The summed E-state index contributed by atoms with van der Waals surface area (Å²) < 4.78 is 7.29. The SMILES string of the molecule is CCNC(=NCc1ccccc1CN1CCOCC1)NCCc1cnn(C)c1.I. The molecule has 2 N–H and O–H groups in total. The van der Waals surface area contributed by atoms with Crippen LogP contribution in [0.15, 0.2) is 41.7 Å². The number of aryl methyl sites for hydroxylation is 1. The molecule has 0 aliphatic carbocycles. The van der Waals surface area contributed by atoms with E-state index in [0.29, 0.717) is 6.54 Å². The molecule has 160 valence electrons. The summed E-state index contributed by atoms with van der Waals surface area (Å²) in [5.74, 6) is 0.854. The summed E-state index contributed by atoms with van der Waals surface area (Å²) in [7, 11) is 1.94. The quantitative estimate of drug-likeness (QED) is 0.323. The van der Waals surface area contributed by atoms with Crippen molar-refractivity contribution < 1.29 is 4.74 Å². The Kier molecular flexibility index (Phi) is 10.4.